The Balaban J connectivity index is 2.40. The molecule has 2 rings (SSSR count). The molecule has 7 nitrogen and oxygen atoms in total. The number of carboxylic acids is 1. The summed E-state index contributed by atoms with van der Waals surface area (Å²) in [6.07, 6.45) is 3.60. The molecule has 0 unspecified atom stereocenters. The van der Waals surface area contributed by atoms with Crippen molar-refractivity contribution in [2.75, 3.05) is 13.1 Å². The van der Waals surface area contributed by atoms with Gasteiger partial charge in [-0.05, 0) is 13.3 Å². The van der Waals surface area contributed by atoms with E-state index < -0.39 is 16.0 Å². The quantitative estimate of drug-likeness (QED) is 0.777. The Kier molecular flexibility index (Phi) is 3.22. The van der Waals surface area contributed by atoms with Crippen molar-refractivity contribution < 1.29 is 18.3 Å². The van der Waals surface area contributed by atoms with Crippen LogP contribution in [0.25, 0.3) is 0 Å². The fraction of sp³-hybridized carbons (Fsp3) is 0.400. The lowest BCUT2D eigenvalue weighted by Gasteiger charge is -2.24. The summed E-state index contributed by atoms with van der Waals surface area (Å²) >= 11 is 0. The van der Waals surface area contributed by atoms with E-state index in [4.69, 9.17) is 5.11 Å². The van der Waals surface area contributed by atoms with Gasteiger partial charge in [-0.3, -0.25) is 5.10 Å². The highest BCUT2D eigenvalue weighted by atomic mass is 32.2. The third kappa shape index (κ3) is 2.16. The van der Waals surface area contributed by atoms with Gasteiger partial charge in [0.25, 0.3) is 10.0 Å². The smallest absolute Gasteiger partial charge is 0.340 e. The van der Waals surface area contributed by atoms with Crippen LogP contribution in [0, 0.1) is 0 Å². The third-order valence-corrected chi connectivity index (χ3v) is 4.55. The lowest BCUT2D eigenvalue weighted by molar-refractivity contribution is 0.0692. The summed E-state index contributed by atoms with van der Waals surface area (Å²) < 4.78 is 25.8. The molecule has 1 aliphatic heterocycles. The molecule has 0 atom stereocenters. The molecule has 2 heterocycles. The van der Waals surface area contributed by atoms with Crippen LogP contribution in [0.4, 0.5) is 0 Å². The number of rotatable bonds is 3. The fourth-order valence-electron chi connectivity index (χ4n) is 1.83. The Morgan fingerprint density at radius 2 is 2.28 bits per heavy atom. The zero-order valence-electron chi connectivity index (χ0n) is 9.75. The molecule has 1 aromatic heterocycles. The minimum absolute atomic E-state index is 0.278. The predicted octanol–water partition coefficient (Wildman–Crippen LogP) is 0.449. The number of sulfonamides is 1. The van der Waals surface area contributed by atoms with Crippen molar-refractivity contribution in [2.24, 2.45) is 0 Å². The van der Waals surface area contributed by atoms with E-state index >= 15 is 0 Å². The van der Waals surface area contributed by atoms with Gasteiger partial charge in [0.2, 0.25) is 0 Å². The van der Waals surface area contributed by atoms with Gasteiger partial charge in [-0.25, -0.2) is 13.2 Å². The zero-order chi connectivity index (χ0) is 13.3. The number of aromatic carboxylic acids is 1. The molecule has 0 fully saturated rings. The van der Waals surface area contributed by atoms with Crippen molar-refractivity contribution in [1.29, 1.82) is 0 Å². The van der Waals surface area contributed by atoms with Crippen LogP contribution in [-0.2, 0) is 10.0 Å². The number of aromatic nitrogens is 2. The van der Waals surface area contributed by atoms with Gasteiger partial charge in [0.05, 0.1) is 6.20 Å². The number of hydrogen-bond donors (Lipinski definition) is 2. The second-order valence-corrected chi connectivity index (χ2v) is 5.97. The van der Waals surface area contributed by atoms with Gasteiger partial charge in [0.15, 0.2) is 5.03 Å². The number of carboxylic acid groups (broad SMARTS) is 1. The second-order valence-electron chi connectivity index (χ2n) is 4.10. The number of carbonyl (C=O) groups is 1. The van der Waals surface area contributed by atoms with Gasteiger partial charge in [-0.15, -0.1) is 0 Å². The minimum atomic E-state index is -3.83. The Hall–Kier alpha value is -1.67. The second kappa shape index (κ2) is 4.54. The minimum Gasteiger partial charge on any atom is -0.478 e. The van der Waals surface area contributed by atoms with E-state index in [0.717, 1.165) is 11.8 Å². The van der Waals surface area contributed by atoms with Crippen molar-refractivity contribution >= 4 is 16.0 Å². The summed E-state index contributed by atoms with van der Waals surface area (Å²) in [4.78, 5) is 10.9. The SMILES string of the molecule is CC1=CCCN(S(=O)(=O)c2[nH]ncc2C(=O)O)C1. The van der Waals surface area contributed by atoms with E-state index in [1.54, 1.807) is 0 Å². The molecule has 0 radical (unpaired) electrons. The lowest BCUT2D eigenvalue weighted by Crippen LogP contribution is -2.36. The Bertz CT molecular complexity index is 602. The Morgan fingerprint density at radius 1 is 1.56 bits per heavy atom. The normalized spacial score (nSPS) is 17.5. The van der Waals surface area contributed by atoms with E-state index in [1.807, 2.05) is 13.0 Å². The topological polar surface area (TPSA) is 103 Å². The molecular weight excluding hydrogens is 258 g/mol. The van der Waals surface area contributed by atoms with E-state index in [1.165, 1.54) is 4.31 Å². The third-order valence-electron chi connectivity index (χ3n) is 2.73. The van der Waals surface area contributed by atoms with Crippen LogP contribution in [0.15, 0.2) is 22.9 Å². The fourth-order valence-corrected chi connectivity index (χ4v) is 3.40. The molecule has 18 heavy (non-hydrogen) atoms. The maximum absolute atomic E-state index is 12.3. The highest BCUT2D eigenvalue weighted by Crippen LogP contribution is 2.21. The number of hydrogen-bond acceptors (Lipinski definition) is 4. The average Bonchev–Trinajstić information content (AvgIpc) is 2.78. The molecule has 1 aliphatic rings. The van der Waals surface area contributed by atoms with Gasteiger partial charge in [0, 0.05) is 13.1 Å². The first-order chi connectivity index (χ1) is 8.43. The van der Waals surface area contributed by atoms with Crippen molar-refractivity contribution in [3.05, 3.63) is 23.4 Å². The standard InChI is InChI=1S/C10H13N3O4S/c1-7-3-2-4-13(6-7)18(16,17)9-8(10(14)15)5-11-12-9/h3,5H,2,4,6H2,1H3,(H,11,12)(H,14,15). The highest BCUT2D eigenvalue weighted by molar-refractivity contribution is 7.89. The van der Waals surface area contributed by atoms with E-state index in [2.05, 4.69) is 10.2 Å². The van der Waals surface area contributed by atoms with Crippen LogP contribution in [0.2, 0.25) is 0 Å². The maximum atomic E-state index is 12.3. The summed E-state index contributed by atoms with van der Waals surface area (Å²) in [5, 5.41) is 14.3. The van der Waals surface area contributed by atoms with E-state index in [9.17, 15) is 13.2 Å². The van der Waals surface area contributed by atoms with Gasteiger partial charge in [-0.1, -0.05) is 11.6 Å². The van der Waals surface area contributed by atoms with Crippen LogP contribution >= 0.6 is 0 Å². The summed E-state index contributed by atoms with van der Waals surface area (Å²) in [5.74, 6) is -1.31. The molecule has 8 heteroatoms. The molecule has 0 amide bonds. The molecule has 0 bridgehead atoms. The first-order valence-electron chi connectivity index (χ1n) is 5.35. The number of H-pyrrole nitrogens is 1. The summed E-state index contributed by atoms with van der Waals surface area (Å²) in [5.41, 5.74) is 0.614. The van der Waals surface area contributed by atoms with E-state index in [0.29, 0.717) is 13.0 Å². The van der Waals surface area contributed by atoms with Crippen LogP contribution in [-0.4, -0.2) is 47.1 Å². The molecule has 0 saturated carbocycles. The first-order valence-corrected chi connectivity index (χ1v) is 6.79. The monoisotopic (exact) mass is 271 g/mol. The number of nitrogens with one attached hydrogen (secondary N) is 1. The Morgan fingerprint density at radius 3 is 2.89 bits per heavy atom. The highest BCUT2D eigenvalue weighted by Gasteiger charge is 2.31. The Labute approximate surface area is 104 Å². The predicted molar refractivity (Wildman–Crippen MR) is 62.7 cm³/mol. The molecule has 0 aromatic carbocycles. The number of aromatic amines is 1. The first kappa shape index (κ1) is 12.8. The van der Waals surface area contributed by atoms with Crippen LogP contribution in [0.3, 0.4) is 0 Å². The molecule has 0 aliphatic carbocycles. The molecule has 2 N–H and O–H groups in total. The van der Waals surface area contributed by atoms with Crippen molar-refractivity contribution in [1.82, 2.24) is 14.5 Å². The number of nitrogens with zero attached hydrogens (tertiary/aromatic N) is 2. The molecule has 98 valence electrons. The molecule has 1 aromatic rings. The summed E-state index contributed by atoms with van der Waals surface area (Å²) in [6.45, 7) is 2.46. The van der Waals surface area contributed by atoms with Gasteiger partial charge in [0.1, 0.15) is 5.56 Å². The van der Waals surface area contributed by atoms with E-state index in [-0.39, 0.29) is 17.1 Å². The van der Waals surface area contributed by atoms with Crippen molar-refractivity contribution in [2.45, 2.75) is 18.4 Å². The molecular formula is C10H13N3O4S. The summed E-state index contributed by atoms with van der Waals surface area (Å²) in [6, 6.07) is 0. The van der Waals surface area contributed by atoms with Crippen LogP contribution in [0.1, 0.15) is 23.7 Å². The van der Waals surface area contributed by atoms with Gasteiger partial charge >= 0.3 is 5.97 Å². The van der Waals surface area contributed by atoms with Crippen molar-refractivity contribution in [3.63, 3.8) is 0 Å². The van der Waals surface area contributed by atoms with Crippen LogP contribution < -0.4 is 0 Å². The summed E-state index contributed by atoms with van der Waals surface area (Å²) in [7, 11) is -3.83. The van der Waals surface area contributed by atoms with Crippen LogP contribution in [0.5, 0.6) is 0 Å². The molecule has 0 spiro atoms. The lowest BCUT2D eigenvalue weighted by atomic mass is 10.2. The largest absolute Gasteiger partial charge is 0.478 e. The van der Waals surface area contributed by atoms with Gasteiger partial charge < -0.3 is 5.11 Å². The van der Waals surface area contributed by atoms with Gasteiger partial charge in [-0.2, -0.15) is 9.40 Å². The average molecular weight is 271 g/mol. The zero-order valence-corrected chi connectivity index (χ0v) is 10.6. The molecule has 0 saturated heterocycles. The van der Waals surface area contributed by atoms with Crippen molar-refractivity contribution in [3.8, 4) is 0 Å². The maximum Gasteiger partial charge on any atom is 0.340 e.